The van der Waals surface area contributed by atoms with Gasteiger partial charge in [-0.1, -0.05) is 0 Å². The van der Waals surface area contributed by atoms with Crippen LogP contribution in [0.4, 0.5) is 0 Å². The Morgan fingerprint density at radius 3 is 1.56 bits per heavy atom. The van der Waals surface area contributed by atoms with Crippen molar-refractivity contribution in [3.05, 3.63) is 0 Å². The Labute approximate surface area is 82.1 Å². The minimum absolute atomic E-state index is 0.479. The fraction of sp³-hybridized carbons (Fsp3) is 0.923. The third kappa shape index (κ3) is 0.0485. The maximum absolute atomic E-state index is 12.9. The average Bonchev–Trinajstić information content (AvgIpc) is 3.20. The zero-order valence-corrected chi connectivity index (χ0v) is 11.1. The van der Waals surface area contributed by atoms with Gasteiger partial charge in [0.15, 0.2) is 0 Å². The first-order chi connectivity index (χ1) is 7.40. The summed E-state index contributed by atoms with van der Waals surface area (Å²) in [6, 6.07) is 0. The molecule has 0 saturated carbocycles. The summed E-state index contributed by atoms with van der Waals surface area (Å²) in [5.41, 5.74) is 0. The summed E-state index contributed by atoms with van der Waals surface area (Å²) < 4.78 is 11.9. The molecule has 86 valence electrons. The van der Waals surface area contributed by atoms with Crippen LogP contribution in [0, 0.1) is 0 Å². The predicted octanol–water partition coefficient (Wildman–Crippen LogP) is 2.83. The van der Waals surface area contributed by atoms with Crippen LogP contribution in [-0.4, -0.2) is 24.9 Å². The van der Waals surface area contributed by atoms with Gasteiger partial charge in [-0.15, -0.1) is 0 Å². The fourth-order valence-electron chi connectivity index (χ4n) is 17.1. The van der Waals surface area contributed by atoms with Crippen molar-refractivity contribution >= 4 is 5.91 Å². The van der Waals surface area contributed by atoms with Crippen molar-refractivity contribution in [2.45, 2.75) is 44.6 Å². The molecule has 0 aromatic heterocycles. The number of amides is 1. The van der Waals surface area contributed by atoms with Crippen molar-refractivity contribution in [1.82, 2.24) is 4.90 Å². The van der Waals surface area contributed by atoms with E-state index in [1.165, 1.54) is 31.6 Å². The molecule has 4 atom stereocenters. The van der Waals surface area contributed by atoms with Crippen LogP contribution in [0.15, 0.2) is 0 Å². The Kier molecular flexibility index (Phi) is 0.154. The van der Waals surface area contributed by atoms with Gasteiger partial charge in [-0.25, -0.2) is 0 Å². The van der Waals surface area contributed by atoms with E-state index in [1.54, 1.807) is 0 Å². The molecule has 0 bridgehead atoms. The van der Waals surface area contributed by atoms with Crippen molar-refractivity contribution in [2.24, 2.45) is 0 Å². The van der Waals surface area contributed by atoms with Crippen LogP contribution in [0.3, 0.4) is 0 Å². The van der Waals surface area contributed by atoms with Crippen LogP contribution in [0.25, 0.3) is 0 Å². The third-order valence-corrected chi connectivity index (χ3v) is 82.0. The number of carbonyl (C=O) groups is 1. The van der Waals surface area contributed by atoms with Crippen LogP contribution >= 0.6 is 0 Å². The molecule has 10 aliphatic heterocycles. The Morgan fingerprint density at radius 2 is 1.38 bits per heavy atom. The first-order valence-electron chi connectivity index (χ1n) is 6.83. The molecule has 0 N–H and O–H groups in total. The van der Waals surface area contributed by atoms with Gasteiger partial charge >= 0.3 is 82.0 Å². The van der Waals surface area contributed by atoms with Crippen LogP contribution in [0.2, 0.25) is 44.6 Å². The summed E-state index contributed by atoms with van der Waals surface area (Å²) in [5, 5.41) is 0. The number of nitrogens with zero attached hydrogens (tertiary/aromatic N) is 1. The number of carbonyl (C=O) groups excluding carboxylic acids is 1. The Hall–Kier alpha value is 0.0934. The first kappa shape index (κ1) is 5.82. The first-order valence-corrected chi connectivity index (χ1v) is 16.7. The molecule has 16 heavy (non-hydrogen) atoms. The monoisotopic (exact) mass is 303 g/mol. The number of fused-ring (bicyclic) bond motifs is 10. The summed E-state index contributed by atoms with van der Waals surface area (Å²) in [7, 11) is 0.700. The molecule has 2 nitrogen and oxygen atoms in total. The van der Waals surface area contributed by atoms with E-state index in [2.05, 4.69) is 0 Å². The molecule has 10 aliphatic rings. The topological polar surface area (TPSA) is 20.3 Å². The Bertz CT molecular complexity index is 895. The van der Waals surface area contributed by atoms with E-state index in [9.17, 15) is 4.79 Å². The van der Waals surface area contributed by atoms with Crippen LogP contribution in [-0.2, 0) is 12.5 Å². The van der Waals surface area contributed by atoms with Gasteiger partial charge in [-0.2, -0.15) is 0 Å². The molecule has 4 unspecified atom stereocenters. The van der Waals surface area contributed by atoms with E-state index < -0.39 is 7.72 Å². The molecular formula is C13H15NORu. The molecular weight excluding hydrogens is 287 g/mol. The van der Waals surface area contributed by atoms with E-state index in [4.69, 9.17) is 0 Å². The van der Waals surface area contributed by atoms with Crippen LogP contribution in [0.1, 0.15) is 0 Å². The molecule has 10 rings (SSSR count). The summed E-state index contributed by atoms with van der Waals surface area (Å²) in [6.45, 7) is 0. The van der Waals surface area contributed by atoms with Crippen LogP contribution in [0.5, 0.6) is 0 Å². The molecule has 1 spiro atoms. The number of rotatable bonds is 1. The molecule has 3 heteroatoms. The quantitative estimate of drug-likeness (QED) is 0.682. The summed E-state index contributed by atoms with van der Waals surface area (Å²) in [4.78, 5) is 14.9. The molecule has 10 fully saturated rings. The second-order valence-corrected chi connectivity index (χ2v) is 48.0. The molecule has 0 radical (unpaired) electrons. The fourth-order valence-corrected chi connectivity index (χ4v) is 150. The summed E-state index contributed by atoms with van der Waals surface area (Å²) in [5.74, 6) is 0.660. The molecule has 0 aliphatic carbocycles. The van der Waals surface area contributed by atoms with E-state index >= 15 is 0 Å². The van der Waals surface area contributed by atoms with Gasteiger partial charge in [0.25, 0.3) is 0 Å². The van der Waals surface area contributed by atoms with E-state index in [0.29, 0.717) is 9.92 Å². The standard InChI is InChI=1S/C8H10NO.C5H5.Ru/c1-9(2)8(10)7-5-3-4-6-7;1-2-4-5-3-1;/h3-6H,1-2H3;1-5H;. The van der Waals surface area contributed by atoms with Crippen molar-refractivity contribution in [3.8, 4) is 0 Å². The number of hydrogen-bond donors (Lipinski definition) is 0. The average molecular weight is 302 g/mol. The van der Waals surface area contributed by atoms with Gasteiger partial charge in [0, 0.05) is 0 Å². The van der Waals surface area contributed by atoms with E-state index in [-0.39, 0.29) is 0 Å². The van der Waals surface area contributed by atoms with Crippen LogP contribution < -0.4 is 0 Å². The predicted molar refractivity (Wildman–Crippen MR) is 55.1 cm³/mol. The second-order valence-electron chi connectivity index (χ2n) is 10.9. The maximum atomic E-state index is 12.9. The van der Waals surface area contributed by atoms with Gasteiger partial charge in [0.05, 0.1) is 0 Å². The molecule has 10 saturated heterocycles. The normalized spacial score (nSPS) is 126. The molecule has 1 amide bonds. The minimum atomic E-state index is -3.35. The molecule has 10 heterocycles. The van der Waals surface area contributed by atoms with Crippen molar-refractivity contribution < 1.29 is 12.5 Å². The van der Waals surface area contributed by atoms with Crippen molar-refractivity contribution in [2.75, 3.05) is 14.1 Å². The Balaban J connectivity index is 1.69. The second kappa shape index (κ2) is 0.424. The van der Waals surface area contributed by atoms with Crippen molar-refractivity contribution in [1.29, 1.82) is 0 Å². The SMILES string of the molecule is CN(C)C(=O)[C]12[CH]3[CH]4[CH]5[CH]1[Ru]45321678[CH]2[CH]1[CH]6[CH]7[CH]28. The molecule has 0 aromatic carbocycles. The zero-order chi connectivity index (χ0) is 10.2. The molecule has 0 aromatic rings. The van der Waals surface area contributed by atoms with E-state index in [1.807, 2.05) is 19.0 Å². The summed E-state index contributed by atoms with van der Waals surface area (Å²) >= 11 is 0. The van der Waals surface area contributed by atoms with Gasteiger partial charge in [-0.3, -0.25) is 0 Å². The summed E-state index contributed by atoms with van der Waals surface area (Å²) in [6.07, 6.45) is 0. The van der Waals surface area contributed by atoms with Gasteiger partial charge in [-0.05, 0) is 0 Å². The Morgan fingerprint density at radius 1 is 0.938 bits per heavy atom. The van der Waals surface area contributed by atoms with Gasteiger partial charge < -0.3 is 0 Å². The van der Waals surface area contributed by atoms with Crippen molar-refractivity contribution in [3.63, 3.8) is 0 Å². The van der Waals surface area contributed by atoms with E-state index in [0.717, 1.165) is 9.02 Å². The third-order valence-electron chi connectivity index (χ3n) is 15.4. The zero-order valence-electron chi connectivity index (χ0n) is 9.41. The van der Waals surface area contributed by atoms with Gasteiger partial charge in [0.1, 0.15) is 0 Å². The number of hydrogen-bond acceptors (Lipinski definition) is 1. The van der Waals surface area contributed by atoms with Gasteiger partial charge in [0.2, 0.25) is 0 Å².